The van der Waals surface area contributed by atoms with Gasteiger partial charge in [0.25, 0.3) is 0 Å². The molecule has 0 saturated carbocycles. The van der Waals surface area contributed by atoms with Crippen molar-refractivity contribution in [1.29, 1.82) is 0 Å². The zero-order chi connectivity index (χ0) is 23.6. The molecule has 0 spiro atoms. The summed E-state index contributed by atoms with van der Waals surface area (Å²) in [4.78, 5) is 25.0. The lowest BCUT2D eigenvalue weighted by atomic mass is 9.72. The van der Waals surface area contributed by atoms with E-state index in [0.717, 1.165) is 39.8 Å². The molecule has 2 aromatic carbocycles. The number of amides is 1. The fraction of sp³-hybridized carbons (Fsp3) is 0.407. The van der Waals surface area contributed by atoms with Crippen LogP contribution in [0.25, 0.3) is 11.1 Å². The Morgan fingerprint density at radius 2 is 1.64 bits per heavy atom. The summed E-state index contributed by atoms with van der Waals surface area (Å²) >= 11 is 0. The highest BCUT2D eigenvalue weighted by atomic mass is 16.5. The molecule has 1 atom stereocenters. The number of rotatable bonds is 5. The molecule has 6 heteroatoms. The fourth-order valence-corrected chi connectivity index (χ4v) is 5.17. The van der Waals surface area contributed by atoms with Crippen molar-refractivity contribution in [2.24, 2.45) is 5.41 Å². The average molecular weight is 448 g/mol. The van der Waals surface area contributed by atoms with Gasteiger partial charge in [-0.05, 0) is 29.2 Å². The summed E-state index contributed by atoms with van der Waals surface area (Å²) in [5, 5.41) is 12.6. The normalized spacial score (nSPS) is 18.8. The predicted octanol–water partition coefficient (Wildman–Crippen LogP) is 3.86. The summed E-state index contributed by atoms with van der Waals surface area (Å²) in [7, 11) is 4.25. The molecule has 6 nitrogen and oxygen atoms in total. The minimum atomic E-state index is -1.12. The van der Waals surface area contributed by atoms with Crippen LogP contribution in [-0.4, -0.2) is 61.5 Å². The number of hydrogen-bond donors (Lipinski definition) is 2. The molecule has 1 fully saturated rings. The van der Waals surface area contributed by atoms with Crippen molar-refractivity contribution in [2.45, 2.75) is 31.7 Å². The molecule has 0 bridgehead atoms. The second kappa shape index (κ2) is 8.92. The van der Waals surface area contributed by atoms with Crippen LogP contribution in [0.2, 0.25) is 0 Å². The van der Waals surface area contributed by atoms with Crippen molar-refractivity contribution in [3.05, 3.63) is 59.7 Å². The number of fused-ring (bicyclic) bond motifs is 3. The van der Waals surface area contributed by atoms with Gasteiger partial charge in [-0.1, -0.05) is 54.5 Å². The lowest BCUT2D eigenvalue weighted by Crippen LogP contribution is -2.59. The van der Waals surface area contributed by atoms with Gasteiger partial charge in [0.15, 0.2) is 0 Å². The molecule has 1 heterocycles. The number of aliphatic carboxylic acids is 1. The van der Waals surface area contributed by atoms with E-state index in [1.807, 2.05) is 24.3 Å². The first-order valence-corrected chi connectivity index (χ1v) is 11.4. The first kappa shape index (κ1) is 22.9. The predicted molar refractivity (Wildman–Crippen MR) is 127 cm³/mol. The maximum absolute atomic E-state index is 12.8. The zero-order valence-electron chi connectivity index (χ0n) is 19.4. The first-order valence-electron chi connectivity index (χ1n) is 11.4. The Kier molecular flexibility index (Phi) is 6.18. The van der Waals surface area contributed by atoms with E-state index >= 15 is 0 Å². The SMILES string of the molecule is CC#CC1([C@H](NC(=O)OCC2c3ccccc3-c3ccccc32)C(=O)O)CC[N+](C)(C)CC1. The molecule has 0 aromatic heterocycles. The Morgan fingerprint density at radius 3 is 2.15 bits per heavy atom. The maximum atomic E-state index is 12.8. The quantitative estimate of drug-likeness (QED) is 0.539. The van der Waals surface area contributed by atoms with Gasteiger partial charge in [0.2, 0.25) is 0 Å². The van der Waals surface area contributed by atoms with Crippen LogP contribution >= 0.6 is 0 Å². The standard InChI is InChI=1S/C27H30N2O4/c1-4-13-27(14-16-29(2,3)17-15-27)24(25(30)31)28-26(32)33-18-23-21-11-7-5-9-19(21)20-10-6-8-12-22(20)23/h5-12,23-24H,14-18H2,1-3H3,(H-,28,30,31,32)/p+1/t24-/m1/s1. The number of benzene rings is 2. The number of quaternary nitrogens is 1. The number of carboxylic acids is 1. The monoisotopic (exact) mass is 447 g/mol. The fourth-order valence-electron chi connectivity index (χ4n) is 5.17. The van der Waals surface area contributed by atoms with Gasteiger partial charge in [-0.15, -0.1) is 5.92 Å². The van der Waals surface area contributed by atoms with Gasteiger partial charge in [0.05, 0.1) is 32.6 Å². The van der Waals surface area contributed by atoms with Crippen LogP contribution in [0.5, 0.6) is 0 Å². The Labute approximate surface area is 195 Å². The summed E-state index contributed by atoms with van der Waals surface area (Å²) in [5.41, 5.74) is 3.71. The van der Waals surface area contributed by atoms with Crippen molar-refractivity contribution >= 4 is 12.1 Å². The highest BCUT2D eigenvalue weighted by Crippen LogP contribution is 2.44. The largest absolute Gasteiger partial charge is 0.480 e. The van der Waals surface area contributed by atoms with Gasteiger partial charge in [-0.25, -0.2) is 9.59 Å². The Morgan fingerprint density at radius 1 is 1.09 bits per heavy atom. The van der Waals surface area contributed by atoms with E-state index in [4.69, 9.17) is 4.74 Å². The van der Waals surface area contributed by atoms with E-state index in [9.17, 15) is 14.7 Å². The molecule has 1 aliphatic heterocycles. The van der Waals surface area contributed by atoms with Gasteiger partial charge in [0, 0.05) is 18.8 Å². The number of carbonyl (C=O) groups is 2. The minimum absolute atomic E-state index is 0.0800. The van der Waals surface area contributed by atoms with E-state index in [-0.39, 0.29) is 12.5 Å². The van der Waals surface area contributed by atoms with Crippen molar-refractivity contribution < 1.29 is 23.9 Å². The molecular weight excluding hydrogens is 416 g/mol. The number of hydrogen-bond acceptors (Lipinski definition) is 3. The van der Waals surface area contributed by atoms with Crippen LogP contribution in [0.3, 0.4) is 0 Å². The molecule has 1 saturated heterocycles. The molecule has 1 aliphatic carbocycles. The first-order chi connectivity index (χ1) is 15.8. The lowest BCUT2D eigenvalue weighted by Gasteiger charge is -2.44. The van der Waals surface area contributed by atoms with Crippen LogP contribution in [0.4, 0.5) is 4.79 Å². The van der Waals surface area contributed by atoms with E-state index in [1.54, 1.807) is 6.92 Å². The van der Waals surface area contributed by atoms with Crippen molar-refractivity contribution in [3.8, 4) is 23.0 Å². The molecule has 172 valence electrons. The van der Waals surface area contributed by atoms with E-state index < -0.39 is 23.5 Å². The van der Waals surface area contributed by atoms with Crippen LogP contribution in [-0.2, 0) is 9.53 Å². The number of carbonyl (C=O) groups excluding carboxylic acids is 1. The van der Waals surface area contributed by atoms with Crippen LogP contribution in [0.1, 0.15) is 36.8 Å². The second-order valence-corrected chi connectivity index (χ2v) is 9.66. The molecule has 2 N–H and O–H groups in total. The third-order valence-electron chi connectivity index (χ3n) is 7.11. The van der Waals surface area contributed by atoms with Crippen LogP contribution in [0.15, 0.2) is 48.5 Å². The van der Waals surface area contributed by atoms with Gasteiger partial charge in [0.1, 0.15) is 12.6 Å². The summed E-state index contributed by atoms with van der Waals surface area (Å²) in [6, 6.07) is 15.1. The van der Waals surface area contributed by atoms with Crippen molar-refractivity contribution in [2.75, 3.05) is 33.8 Å². The van der Waals surface area contributed by atoms with Crippen molar-refractivity contribution in [3.63, 3.8) is 0 Å². The van der Waals surface area contributed by atoms with Crippen LogP contribution in [0, 0.1) is 17.3 Å². The van der Waals surface area contributed by atoms with Gasteiger partial charge < -0.3 is 19.6 Å². The van der Waals surface area contributed by atoms with E-state index in [1.165, 1.54) is 0 Å². The highest BCUT2D eigenvalue weighted by molar-refractivity contribution is 5.82. The van der Waals surface area contributed by atoms with Crippen LogP contribution < -0.4 is 5.32 Å². The van der Waals surface area contributed by atoms with Gasteiger partial charge in [-0.3, -0.25) is 0 Å². The number of nitrogens with zero attached hydrogens (tertiary/aromatic N) is 1. The summed E-state index contributed by atoms with van der Waals surface area (Å²) in [6.45, 7) is 3.45. The van der Waals surface area contributed by atoms with Gasteiger partial charge >= 0.3 is 12.1 Å². The molecule has 0 radical (unpaired) electrons. The number of nitrogens with one attached hydrogen (secondary N) is 1. The Balaban J connectivity index is 1.49. The molecule has 2 aliphatic rings. The minimum Gasteiger partial charge on any atom is -0.480 e. The molecule has 0 unspecified atom stereocenters. The summed E-state index contributed by atoms with van der Waals surface area (Å²) in [6.07, 6.45) is 0.476. The zero-order valence-corrected chi connectivity index (χ0v) is 19.4. The number of piperidine rings is 1. The molecule has 4 rings (SSSR count). The van der Waals surface area contributed by atoms with E-state index in [0.29, 0.717) is 12.8 Å². The topological polar surface area (TPSA) is 75.6 Å². The number of likely N-dealkylation sites (tertiary alicyclic amines) is 1. The number of ether oxygens (including phenoxy) is 1. The third-order valence-corrected chi connectivity index (χ3v) is 7.11. The van der Waals surface area contributed by atoms with Gasteiger partial charge in [-0.2, -0.15) is 0 Å². The molecular formula is C27H31N2O4+. The summed E-state index contributed by atoms with van der Waals surface area (Å²) in [5.74, 6) is 4.87. The number of carboxylic acid groups (broad SMARTS) is 1. The molecule has 1 amide bonds. The second-order valence-electron chi connectivity index (χ2n) is 9.66. The average Bonchev–Trinajstić information content (AvgIpc) is 3.11. The Hall–Kier alpha value is -3.30. The highest BCUT2D eigenvalue weighted by Gasteiger charge is 2.48. The van der Waals surface area contributed by atoms with E-state index in [2.05, 4.69) is 55.5 Å². The summed E-state index contributed by atoms with van der Waals surface area (Å²) < 4.78 is 6.42. The smallest absolute Gasteiger partial charge is 0.407 e. The number of alkyl carbamates (subject to hydrolysis) is 1. The Bertz CT molecular complexity index is 1070. The molecule has 2 aromatic rings. The third kappa shape index (κ3) is 4.46. The maximum Gasteiger partial charge on any atom is 0.407 e. The van der Waals surface area contributed by atoms with Crippen molar-refractivity contribution in [1.82, 2.24) is 5.32 Å². The lowest BCUT2D eigenvalue weighted by molar-refractivity contribution is -0.897. The molecule has 33 heavy (non-hydrogen) atoms.